The Labute approximate surface area is 109 Å². The predicted molar refractivity (Wildman–Crippen MR) is 72.2 cm³/mol. The Balaban J connectivity index is 1.73. The molecule has 1 aliphatic rings. The Bertz CT molecular complexity index is 566. The minimum atomic E-state index is -0.113. The first-order chi connectivity index (χ1) is 8.81. The van der Waals surface area contributed by atoms with Gasteiger partial charge in [0, 0.05) is 12.2 Å². The number of ether oxygens (including phenoxy) is 1. The third-order valence-corrected chi connectivity index (χ3v) is 3.42. The molecule has 0 saturated carbocycles. The van der Waals surface area contributed by atoms with Crippen LogP contribution in [-0.4, -0.2) is 12.5 Å². The molecule has 2 aromatic rings. The van der Waals surface area contributed by atoms with E-state index in [1.807, 2.05) is 18.2 Å². The number of hydrogen-bond acceptors (Lipinski definition) is 4. The predicted octanol–water partition coefficient (Wildman–Crippen LogP) is 2.69. The number of amides is 1. The van der Waals surface area contributed by atoms with Gasteiger partial charge in [0.2, 0.25) is 0 Å². The smallest absolute Gasteiger partial charge is 0.262 e. The summed E-state index contributed by atoms with van der Waals surface area (Å²) < 4.78 is 5.30. The molecule has 0 unspecified atom stereocenters. The van der Waals surface area contributed by atoms with Gasteiger partial charge in [-0.15, -0.1) is 0 Å². The van der Waals surface area contributed by atoms with Crippen molar-refractivity contribution in [2.24, 2.45) is 0 Å². The highest BCUT2D eigenvalue weighted by molar-refractivity contribution is 7.07. The number of fused-ring (bicyclic) bond motifs is 1. The summed E-state index contributed by atoms with van der Waals surface area (Å²) in [7, 11) is 0. The van der Waals surface area contributed by atoms with Crippen LogP contribution in [0.3, 0.4) is 0 Å². The third-order valence-electron chi connectivity index (χ3n) is 2.69. The second-order valence-electron chi connectivity index (χ2n) is 4.03. The number of carbonyl (C=O) groups is 1. The van der Waals surface area contributed by atoms with Gasteiger partial charge in [-0.25, -0.2) is 0 Å². The first kappa shape index (κ1) is 11.1. The second kappa shape index (κ2) is 4.70. The van der Waals surface area contributed by atoms with E-state index >= 15 is 0 Å². The summed E-state index contributed by atoms with van der Waals surface area (Å²) in [6.07, 6.45) is 0. The molecule has 0 fully saturated rings. The molecule has 0 saturated heterocycles. The van der Waals surface area contributed by atoms with Crippen LogP contribution in [0.25, 0.3) is 0 Å². The van der Waals surface area contributed by atoms with Gasteiger partial charge in [0.1, 0.15) is 5.75 Å². The first-order valence-electron chi connectivity index (χ1n) is 5.63. The van der Waals surface area contributed by atoms with Gasteiger partial charge < -0.3 is 15.4 Å². The zero-order valence-electron chi connectivity index (χ0n) is 9.60. The van der Waals surface area contributed by atoms with Crippen LogP contribution >= 0.6 is 11.3 Å². The number of hydrogen-bond donors (Lipinski definition) is 2. The molecule has 1 aliphatic heterocycles. The van der Waals surface area contributed by atoms with E-state index in [4.69, 9.17) is 4.74 Å². The van der Waals surface area contributed by atoms with Gasteiger partial charge in [0.15, 0.2) is 6.61 Å². The molecule has 0 spiro atoms. The molecule has 0 aliphatic carbocycles. The molecule has 0 atom stereocenters. The molecule has 2 heterocycles. The Morgan fingerprint density at radius 2 is 2.33 bits per heavy atom. The Hall–Kier alpha value is -2.01. The van der Waals surface area contributed by atoms with E-state index in [1.165, 1.54) is 5.56 Å². The molecule has 1 amide bonds. The molecule has 5 heteroatoms. The van der Waals surface area contributed by atoms with Gasteiger partial charge in [0.05, 0.1) is 5.69 Å². The number of benzene rings is 1. The molecular formula is C13H12N2O2S. The lowest BCUT2D eigenvalue weighted by molar-refractivity contribution is -0.118. The Kier molecular flexibility index (Phi) is 2.90. The summed E-state index contributed by atoms with van der Waals surface area (Å²) in [4.78, 5) is 11.2. The van der Waals surface area contributed by atoms with Crippen molar-refractivity contribution >= 4 is 28.6 Å². The van der Waals surface area contributed by atoms with Crippen LogP contribution in [0.15, 0.2) is 35.0 Å². The number of nitrogens with one attached hydrogen (secondary N) is 2. The van der Waals surface area contributed by atoms with Crippen molar-refractivity contribution in [3.8, 4) is 5.75 Å². The normalized spacial score (nSPS) is 13.4. The lowest BCUT2D eigenvalue weighted by atomic mass is 10.2. The summed E-state index contributed by atoms with van der Waals surface area (Å²) in [5.41, 5.74) is 2.94. The monoisotopic (exact) mass is 260 g/mol. The summed E-state index contributed by atoms with van der Waals surface area (Å²) in [6.45, 7) is 0.867. The lowest BCUT2D eigenvalue weighted by Gasteiger charge is -2.18. The molecule has 4 nitrogen and oxygen atoms in total. The highest BCUT2D eigenvalue weighted by Gasteiger charge is 2.15. The molecule has 2 N–H and O–H groups in total. The molecule has 3 rings (SSSR count). The van der Waals surface area contributed by atoms with E-state index in [0.717, 1.165) is 23.7 Å². The van der Waals surface area contributed by atoms with Crippen LogP contribution < -0.4 is 15.4 Å². The molecular weight excluding hydrogens is 248 g/mol. The van der Waals surface area contributed by atoms with Gasteiger partial charge >= 0.3 is 0 Å². The first-order valence-corrected chi connectivity index (χ1v) is 6.57. The minimum absolute atomic E-state index is 0.0919. The zero-order chi connectivity index (χ0) is 12.4. The Morgan fingerprint density at radius 1 is 1.39 bits per heavy atom. The average Bonchev–Trinajstić information content (AvgIpc) is 2.89. The molecule has 1 aromatic carbocycles. The topological polar surface area (TPSA) is 50.4 Å². The van der Waals surface area contributed by atoms with E-state index in [9.17, 15) is 4.79 Å². The van der Waals surface area contributed by atoms with E-state index in [0.29, 0.717) is 0 Å². The van der Waals surface area contributed by atoms with Crippen molar-refractivity contribution in [1.29, 1.82) is 0 Å². The zero-order valence-corrected chi connectivity index (χ0v) is 10.4. The van der Waals surface area contributed by atoms with Gasteiger partial charge in [-0.1, -0.05) is 0 Å². The second-order valence-corrected chi connectivity index (χ2v) is 4.81. The van der Waals surface area contributed by atoms with Crippen molar-refractivity contribution in [2.45, 2.75) is 6.54 Å². The van der Waals surface area contributed by atoms with Gasteiger partial charge in [0.25, 0.3) is 5.91 Å². The van der Waals surface area contributed by atoms with Crippen LogP contribution in [0.2, 0.25) is 0 Å². The number of anilines is 2. The molecule has 0 bridgehead atoms. The maximum atomic E-state index is 11.2. The lowest BCUT2D eigenvalue weighted by Crippen LogP contribution is -2.25. The van der Waals surface area contributed by atoms with Crippen molar-refractivity contribution < 1.29 is 9.53 Å². The summed E-state index contributed by atoms with van der Waals surface area (Å²) in [5.74, 6) is 0.605. The molecule has 1 aromatic heterocycles. The van der Waals surface area contributed by atoms with Crippen LogP contribution in [0.5, 0.6) is 5.75 Å². The molecule has 92 valence electrons. The van der Waals surface area contributed by atoms with Gasteiger partial charge in [-0.3, -0.25) is 4.79 Å². The van der Waals surface area contributed by atoms with Crippen LogP contribution in [0.1, 0.15) is 5.56 Å². The SMILES string of the molecule is O=C1COc2ccc(NCc3ccsc3)cc2N1. The van der Waals surface area contributed by atoms with Crippen molar-refractivity contribution in [1.82, 2.24) is 0 Å². The van der Waals surface area contributed by atoms with Crippen molar-refractivity contribution in [2.75, 3.05) is 17.2 Å². The van der Waals surface area contributed by atoms with Crippen molar-refractivity contribution in [3.63, 3.8) is 0 Å². The maximum absolute atomic E-state index is 11.2. The number of thiophene rings is 1. The van der Waals surface area contributed by atoms with E-state index in [-0.39, 0.29) is 12.5 Å². The van der Waals surface area contributed by atoms with Gasteiger partial charge in [-0.2, -0.15) is 11.3 Å². The maximum Gasteiger partial charge on any atom is 0.262 e. The highest BCUT2D eigenvalue weighted by Crippen LogP contribution is 2.30. The molecule has 0 radical (unpaired) electrons. The minimum Gasteiger partial charge on any atom is -0.482 e. The van der Waals surface area contributed by atoms with E-state index in [1.54, 1.807) is 11.3 Å². The fourth-order valence-corrected chi connectivity index (χ4v) is 2.46. The van der Waals surface area contributed by atoms with Crippen molar-refractivity contribution in [3.05, 3.63) is 40.6 Å². The number of carbonyl (C=O) groups excluding carboxylic acids is 1. The quantitative estimate of drug-likeness (QED) is 0.892. The summed E-state index contributed by atoms with van der Waals surface area (Å²) in [6, 6.07) is 7.78. The number of rotatable bonds is 3. The van der Waals surface area contributed by atoms with E-state index in [2.05, 4.69) is 27.5 Å². The Morgan fingerprint density at radius 3 is 3.17 bits per heavy atom. The van der Waals surface area contributed by atoms with E-state index < -0.39 is 0 Å². The largest absolute Gasteiger partial charge is 0.482 e. The third kappa shape index (κ3) is 2.31. The standard InChI is InChI=1S/C13H12N2O2S/c16-13-7-17-12-2-1-10(5-11(12)15-13)14-6-9-3-4-18-8-9/h1-5,8,14H,6-7H2,(H,15,16). The van der Waals surface area contributed by atoms with Crippen LogP contribution in [0, 0.1) is 0 Å². The summed E-state index contributed by atoms with van der Waals surface area (Å²) >= 11 is 1.68. The summed E-state index contributed by atoms with van der Waals surface area (Å²) in [5, 5.41) is 10.3. The fraction of sp³-hybridized carbons (Fsp3) is 0.154. The molecule has 18 heavy (non-hydrogen) atoms. The highest BCUT2D eigenvalue weighted by atomic mass is 32.1. The average molecular weight is 260 g/mol. The van der Waals surface area contributed by atoms with Crippen LogP contribution in [-0.2, 0) is 11.3 Å². The van der Waals surface area contributed by atoms with Crippen LogP contribution in [0.4, 0.5) is 11.4 Å². The fourth-order valence-electron chi connectivity index (χ4n) is 1.79. The van der Waals surface area contributed by atoms with Gasteiger partial charge in [-0.05, 0) is 40.6 Å².